The molecule has 5 amide bonds. The number of nitrogens with zero attached hydrogens (tertiary/aromatic N) is 4. The lowest BCUT2D eigenvalue weighted by Crippen LogP contribution is -2.57. The molecule has 9 nitrogen and oxygen atoms in total. The van der Waals surface area contributed by atoms with Crippen molar-refractivity contribution < 1.29 is 19.2 Å². The van der Waals surface area contributed by atoms with Crippen molar-refractivity contribution in [1.29, 1.82) is 0 Å². The van der Waals surface area contributed by atoms with Gasteiger partial charge in [0.2, 0.25) is 5.91 Å². The summed E-state index contributed by atoms with van der Waals surface area (Å²) in [6.45, 7) is 2.41. The van der Waals surface area contributed by atoms with Gasteiger partial charge in [0.1, 0.15) is 5.54 Å². The largest absolute Gasteiger partial charge is 0.348 e. The highest BCUT2D eigenvalue weighted by molar-refractivity contribution is 6.07. The predicted molar refractivity (Wildman–Crippen MR) is 118 cm³/mol. The lowest BCUT2D eigenvalue weighted by Gasteiger charge is -2.39. The first-order valence-electron chi connectivity index (χ1n) is 11.2. The monoisotopic (exact) mass is 441 g/mol. The van der Waals surface area contributed by atoms with E-state index in [4.69, 9.17) is 0 Å². The Morgan fingerprint density at radius 2 is 1.78 bits per heavy atom. The average molecular weight is 442 g/mol. The molecule has 3 saturated heterocycles. The van der Waals surface area contributed by atoms with Gasteiger partial charge in [0.25, 0.3) is 11.8 Å². The number of imide groups is 1. The van der Waals surface area contributed by atoms with Crippen LogP contribution in [0.3, 0.4) is 0 Å². The van der Waals surface area contributed by atoms with Crippen molar-refractivity contribution >= 4 is 23.8 Å². The van der Waals surface area contributed by atoms with E-state index >= 15 is 0 Å². The number of nitrogens with one attached hydrogen (secondary N) is 1. The molecule has 32 heavy (non-hydrogen) atoms. The molecule has 0 aliphatic carbocycles. The maximum absolute atomic E-state index is 13.4. The third kappa shape index (κ3) is 4.21. The van der Waals surface area contributed by atoms with E-state index in [0.29, 0.717) is 38.0 Å². The molecular weight excluding hydrogens is 410 g/mol. The molecule has 3 aliphatic heterocycles. The van der Waals surface area contributed by atoms with E-state index in [-0.39, 0.29) is 36.3 Å². The molecule has 0 saturated carbocycles. The molecule has 4 rings (SSSR count). The van der Waals surface area contributed by atoms with Gasteiger partial charge in [-0.05, 0) is 44.4 Å². The first-order valence-corrected chi connectivity index (χ1v) is 11.2. The Hall–Kier alpha value is -2.94. The van der Waals surface area contributed by atoms with Gasteiger partial charge < -0.3 is 15.1 Å². The molecule has 1 spiro atoms. The first-order chi connectivity index (χ1) is 15.3. The predicted octanol–water partition coefficient (Wildman–Crippen LogP) is 0.766. The zero-order valence-corrected chi connectivity index (χ0v) is 18.7. The number of hydrogen-bond donors (Lipinski definition) is 1. The van der Waals surface area contributed by atoms with E-state index in [9.17, 15) is 19.2 Å². The zero-order chi connectivity index (χ0) is 22.9. The van der Waals surface area contributed by atoms with Gasteiger partial charge in [-0.15, -0.1) is 0 Å². The molecule has 1 aromatic rings. The molecule has 9 heteroatoms. The van der Waals surface area contributed by atoms with Crippen LogP contribution >= 0.6 is 0 Å². The van der Waals surface area contributed by atoms with E-state index in [1.165, 1.54) is 4.90 Å². The van der Waals surface area contributed by atoms with Crippen LogP contribution in [0.1, 0.15) is 36.0 Å². The zero-order valence-electron chi connectivity index (χ0n) is 18.7. The SMILES string of the molecule is CN(C)C(=O)CN1CCCC(N2C(=O)NC3(CCN(C(=O)c4ccccc4)CC3)C2=O)C1. The summed E-state index contributed by atoms with van der Waals surface area (Å²) in [5, 5.41) is 2.95. The number of urea groups is 1. The lowest BCUT2D eigenvalue weighted by molar-refractivity contribution is -0.135. The van der Waals surface area contributed by atoms with Crippen molar-refractivity contribution in [3.05, 3.63) is 35.9 Å². The maximum Gasteiger partial charge on any atom is 0.325 e. The number of hydrogen-bond acceptors (Lipinski definition) is 5. The highest BCUT2D eigenvalue weighted by Gasteiger charge is 2.54. The number of likely N-dealkylation sites (N-methyl/N-ethyl adjacent to an activating group) is 1. The van der Waals surface area contributed by atoms with Gasteiger partial charge in [-0.2, -0.15) is 0 Å². The maximum atomic E-state index is 13.4. The molecule has 0 aromatic heterocycles. The van der Waals surface area contributed by atoms with Crippen molar-refractivity contribution in [3.8, 4) is 0 Å². The summed E-state index contributed by atoms with van der Waals surface area (Å²) in [5.74, 6) is -0.238. The minimum atomic E-state index is -0.938. The van der Waals surface area contributed by atoms with Crippen molar-refractivity contribution in [1.82, 2.24) is 24.9 Å². The normalized spacial score (nSPS) is 23.4. The molecule has 3 heterocycles. The van der Waals surface area contributed by atoms with Crippen molar-refractivity contribution in [2.45, 2.75) is 37.3 Å². The standard InChI is InChI=1S/C23H31N5O4/c1-25(2)19(29)16-26-12-6-9-18(15-26)28-21(31)23(24-22(28)32)10-13-27(14-11-23)20(30)17-7-4-3-5-8-17/h3-5,7-8,18H,6,9-16H2,1-2H3,(H,24,32). The van der Waals surface area contributed by atoms with Crippen molar-refractivity contribution in [2.75, 3.05) is 46.8 Å². The Balaban J connectivity index is 1.40. The number of carbonyl (C=O) groups excluding carboxylic acids is 4. The summed E-state index contributed by atoms with van der Waals surface area (Å²) in [6.07, 6.45) is 2.37. The number of rotatable bonds is 4. The first kappa shape index (κ1) is 22.3. The second kappa shape index (κ2) is 8.90. The van der Waals surface area contributed by atoms with Crippen LogP contribution in [0.25, 0.3) is 0 Å². The van der Waals surface area contributed by atoms with E-state index in [2.05, 4.69) is 5.32 Å². The fraction of sp³-hybridized carbons (Fsp3) is 0.565. The van der Waals surface area contributed by atoms with Crippen LogP contribution in [0.4, 0.5) is 4.79 Å². The third-order valence-corrected chi connectivity index (χ3v) is 6.82. The lowest BCUT2D eigenvalue weighted by atomic mass is 9.86. The molecule has 0 bridgehead atoms. The van der Waals surface area contributed by atoms with Gasteiger partial charge in [-0.25, -0.2) is 4.79 Å². The summed E-state index contributed by atoms with van der Waals surface area (Å²) in [5.41, 5.74) is -0.312. The fourth-order valence-electron chi connectivity index (χ4n) is 4.88. The fourth-order valence-corrected chi connectivity index (χ4v) is 4.88. The summed E-state index contributed by atoms with van der Waals surface area (Å²) in [4.78, 5) is 57.8. The second-order valence-electron chi connectivity index (χ2n) is 9.16. The van der Waals surface area contributed by atoms with Gasteiger partial charge in [0.05, 0.1) is 12.6 Å². The number of likely N-dealkylation sites (tertiary alicyclic amines) is 2. The molecule has 1 aromatic carbocycles. The van der Waals surface area contributed by atoms with Crippen LogP contribution in [-0.4, -0.2) is 102 Å². The van der Waals surface area contributed by atoms with E-state index in [1.54, 1.807) is 36.0 Å². The number of amides is 5. The van der Waals surface area contributed by atoms with Crippen LogP contribution in [0.15, 0.2) is 30.3 Å². The average Bonchev–Trinajstić information content (AvgIpc) is 3.03. The highest BCUT2D eigenvalue weighted by atomic mass is 16.2. The molecule has 1 N–H and O–H groups in total. The second-order valence-corrected chi connectivity index (χ2v) is 9.16. The van der Waals surface area contributed by atoms with Crippen LogP contribution in [0, 0.1) is 0 Å². The molecule has 0 radical (unpaired) electrons. The highest BCUT2D eigenvalue weighted by Crippen LogP contribution is 2.32. The van der Waals surface area contributed by atoms with Crippen molar-refractivity contribution in [2.24, 2.45) is 0 Å². The Bertz CT molecular complexity index is 895. The Morgan fingerprint density at radius 1 is 1.09 bits per heavy atom. The number of piperidine rings is 2. The molecule has 1 unspecified atom stereocenters. The van der Waals surface area contributed by atoms with Crippen LogP contribution < -0.4 is 5.32 Å². The van der Waals surface area contributed by atoms with Crippen LogP contribution in [0.2, 0.25) is 0 Å². The van der Waals surface area contributed by atoms with Gasteiger partial charge in [-0.3, -0.25) is 24.2 Å². The van der Waals surface area contributed by atoms with E-state index in [0.717, 1.165) is 19.4 Å². The topological polar surface area (TPSA) is 93.3 Å². The molecule has 3 aliphatic rings. The third-order valence-electron chi connectivity index (χ3n) is 6.82. The number of carbonyl (C=O) groups is 4. The number of benzene rings is 1. The quantitative estimate of drug-likeness (QED) is 0.697. The minimum absolute atomic E-state index is 0.00905. The summed E-state index contributed by atoms with van der Waals surface area (Å²) in [6, 6.07) is 8.50. The van der Waals surface area contributed by atoms with E-state index in [1.807, 2.05) is 23.1 Å². The Morgan fingerprint density at radius 3 is 2.44 bits per heavy atom. The summed E-state index contributed by atoms with van der Waals surface area (Å²) >= 11 is 0. The molecule has 172 valence electrons. The van der Waals surface area contributed by atoms with Crippen molar-refractivity contribution in [3.63, 3.8) is 0 Å². The molecule has 3 fully saturated rings. The van der Waals surface area contributed by atoms with Gasteiger partial charge in [0, 0.05) is 39.3 Å². The molecule has 1 atom stereocenters. The molecular formula is C23H31N5O4. The van der Waals surface area contributed by atoms with Crippen LogP contribution in [-0.2, 0) is 9.59 Å². The smallest absolute Gasteiger partial charge is 0.325 e. The Labute approximate surface area is 188 Å². The van der Waals surface area contributed by atoms with Crippen LogP contribution in [0.5, 0.6) is 0 Å². The van der Waals surface area contributed by atoms with Gasteiger partial charge in [-0.1, -0.05) is 18.2 Å². The summed E-state index contributed by atoms with van der Waals surface area (Å²) in [7, 11) is 3.44. The Kier molecular flexibility index (Phi) is 6.19. The van der Waals surface area contributed by atoms with Gasteiger partial charge in [0.15, 0.2) is 0 Å². The summed E-state index contributed by atoms with van der Waals surface area (Å²) < 4.78 is 0. The van der Waals surface area contributed by atoms with E-state index < -0.39 is 5.54 Å². The van der Waals surface area contributed by atoms with Gasteiger partial charge >= 0.3 is 6.03 Å². The minimum Gasteiger partial charge on any atom is -0.348 e.